The standard InChI is InChI=1S/C12H14BrNO3S/c1-17-12(16)3-2-8-14-11(15)7-5-9-4-6-10(13)18-9/h4-7H,2-3,8H2,1H3,(H,14,15)/b7-5+. The third-order valence-electron chi connectivity index (χ3n) is 2.08. The highest BCUT2D eigenvalue weighted by molar-refractivity contribution is 9.11. The molecule has 0 fully saturated rings. The largest absolute Gasteiger partial charge is 0.469 e. The molecule has 1 N–H and O–H groups in total. The van der Waals surface area contributed by atoms with Crippen molar-refractivity contribution in [3.05, 3.63) is 26.9 Å². The summed E-state index contributed by atoms with van der Waals surface area (Å²) in [5.74, 6) is -0.424. The number of methoxy groups -OCH3 is 1. The number of carbonyl (C=O) groups excluding carboxylic acids is 2. The van der Waals surface area contributed by atoms with E-state index in [1.165, 1.54) is 13.2 Å². The van der Waals surface area contributed by atoms with Gasteiger partial charge in [0.15, 0.2) is 0 Å². The van der Waals surface area contributed by atoms with Crippen LogP contribution in [0.4, 0.5) is 0 Å². The van der Waals surface area contributed by atoms with Crippen LogP contribution >= 0.6 is 27.3 Å². The third kappa shape index (κ3) is 5.97. The van der Waals surface area contributed by atoms with Gasteiger partial charge in [-0.2, -0.15) is 0 Å². The Labute approximate surface area is 118 Å². The van der Waals surface area contributed by atoms with Crippen molar-refractivity contribution in [3.8, 4) is 0 Å². The predicted octanol–water partition coefficient (Wildman–Crippen LogP) is 2.59. The second-order valence-electron chi connectivity index (χ2n) is 3.45. The zero-order chi connectivity index (χ0) is 13.4. The van der Waals surface area contributed by atoms with Crippen molar-refractivity contribution in [2.45, 2.75) is 12.8 Å². The number of thiophene rings is 1. The first-order valence-corrected chi connectivity index (χ1v) is 7.01. The van der Waals surface area contributed by atoms with E-state index in [4.69, 9.17) is 0 Å². The number of rotatable bonds is 6. The van der Waals surface area contributed by atoms with Crippen LogP contribution in [0.25, 0.3) is 6.08 Å². The van der Waals surface area contributed by atoms with Gasteiger partial charge >= 0.3 is 5.97 Å². The van der Waals surface area contributed by atoms with E-state index in [1.807, 2.05) is 12.1 Å². The molecule has 18 heavy (non-hydrogen) atoms. The predicted molar refractivity (Wildman–Crippen MR) is 75.3 cm³/mol. The van der Waals surface area contributed by atoms with E-state index in [1.54, 1.807) is 17.4 Å². The summed E-state index contributed by atoms with van der Waals surface area (Å²) in [5, 5.41) is 2.70. The molecule has 0 aliphatic rings. The second kappa shape index (κ2) is 8.05. The highest BCUT2D eigenvalue weighted by Crippen LogP contribution is 2.22. The van der Waals surface area contributed by atoms with Crippen molar-refractivity contribution in [2.24, 2.45) is 0 Å². The molecule has 0 saturated heterocycles. The van der Waals surface area contributed by atoms with Gasteiger partial charge in [-0.15, -0.1) is 11.3 Å². The Balaban J connectivity index is 2.21. The maximum atomic E-state index is 11.4. The number of halogens is 1. The summed E-state index contributed by atoms with van der Waals surface area (Å²) < 4.78 is 5.52. The monoisotopic (exact) mass is 331 g/mol. The van der Waals surface area contributed by atoms with E-state index in [2.05, 4.69) is 26.0 Å². The van der Waals surface area contributed by atoms with Crippen molar-refractivity contribution in [1.82, 2.24) is 5.32 Å². The van der Waals surface area contributed by atoms with Gasteiger partial charge < -0.3 is 10.1 Å². The molecule has 0 aromatic carbocycles. The average Bonchev–Trinajstić information content (AvgIpc) is 2.77. The topological polar surface area (TPSA) is 55.4 Å². The van der Waals surface area contributed by atoms with Gasteiger partial charge in [0.25, 0.3) is 0 Å². The lowest BCUT2D eigenvalue weighted by molar-refractivity contribution is -0.140. The summed E-state index contributed by atoms with van der Waals surface area (Å²) in [6, 6.07) is 3.86. The molecule has 1 amide bonds. The van der Waals surface area contributed by atoms with Gasteiger partial charge in [-0.1, -0.05) is 0 Å². The first kappa shape index (κ1) is 14.9. The fourth-order valence-corrected chi connectivity index (χ4v) is 2.51. The minimum Gasteiger partial charge on any atom is -0.469 e. The van der Waals surface area contributed by atoms with Crippen LogP contribution in [0.1, 0.15) is 17.7 Å². The molecule has 0 bridgehead atoms. The molecule has 1 heterocycles. The lowest BCUT2D eigenvalue weighted by Crippen LogP contribution is -2.22. The number of hydrogen-bond acceptors (Lipinski definition) is 4. The number of esters is 1. The first-order chi connectivity index (χ1) is 8.61. The quantitative estimate of drug-likeness (QED) is 0.495. The van der Waals surface area contributed by atoms with Crippen molar-refractivity contribution >= 4 is 45.2 Å². The Morgan fingerprint density at radius 2 is 2.28 bits per heavy atom. The summed E-state index contributed by atoms with van der Waals surface area (Å²) >= 11 is 4.90. The zero-order valence-electron chi connectivity index (χ0n) is 9.94. The molecule has 98 valence electrons. The summed E-state index contributed by atoms with van der Waals surface area (Å²) in [5.41, 5.74) is 0. The molecular weight excluding hydrogens is 318 g/mol. The van der Waals surface area contributed by atoms with Crippen LogP contribution in [-0.2, 0) is 14.3 Å². The molecule has 0 aliphatic heterocycles. The van der Waals surface area contributed by atoms with E-state index in [9.17, 15) is 9.59 Å². The number of hydrogen-bond donors (Lipinski definition) is 1. The van der Waals surface area contributed by atoms with Gasteiger partial charge in [0.2, 0.25) is 5.91 Å². The van der Waals surface area contributed by atoms with E-state index in [0.717, 1.165) is 8.66 Å². The third-order valence-corrected chi connectivity index (χ3v) is 3.67. The molecule has 1 aromatic rings. The van der Waals surface area contributed by atoms with Crippen LogP contribution in [0.15, 0.2) is 22.0 Å². The summed E-state index contributed by atoms with van der Waals surface area (Å²) in [6.45, 7) is 0.465. The molecule has 1 rings (SSSR count). The molecule has 4 nitrogen and oxygen atoms in total. The molecule has 6 heteroatoms. The van der Waals surface area contributed by atoms with E-state index >= 15 is 0 Å². The first-order valence-electron chi connectivity index (χ1n) is 5.40. The Kier molecular flexibility index (Phi) is 6.67. The Morgan fingerprint density at radius 1 is 1.50 bits per heavy atom. The van der Waals surface area contributed by atoms with Crippen molar-refractivity contribution in [3.63, 3.8) is 0 Å². The summed E-state index contributed by atoms with van der Waals surface area (Å²) in [6.07, 6.45) is 4.14. The van der Waals surface area contributed by atoms with E-state index < -0.39 is 0 Å². The highest BCUT2D eigenvalue weighted by Gasteiger charge is 2.00. The van der Waals surface area contributed by atoms with E-state index in [0.29, 0.717) is 19.4 Å². The van der Waals surface area contributed by atoms with Crippen LogP contribution in [0.2, 0.25) is 0 Å². The second-order valence-corrected chi connectivity index (χ2v) is 5.94. The molecule has 0 radical (unpaired) electrons. The SMILES string of the molecule is COC(=O)CCCNC(=O)/C=C/c1ccc(Br)s1. The lowest BCUT2D eigenvalue weighted by atomic mass is 10.3. The van der Waals surface area contributed by atoms with Crippen LogP contribution in [-0.4, -0.2) is 25.5 Å². The lowest BCUT2D eigenvalue weighted by Gasteiger charge is -2.01. The number of nitrogens with one attached hydrogen (secondary N) is 1. The highest BCUT2D eigenvalue weighted by atomic mass is 79.9. The van der Waals surface area contributed by atoms with Crippen molar-refractivity contribution in [2.75, 3.05) is 13.7 Å². The smallest absolute Gasteiger partial charge is 0.305 e. The summed E-state index contributed by atoms with van der Waals surface area (Å²) in [4.78, 5) is 23.2. The van der Waals surface area contributed by atoms with Gasteiger partial charge in [-0.3, -0.25) is 9.59 Å². The Bertz CT molecular complexity index is 442. The van der Waals surface area contributed by atoms with Gasteiger partial charge in [0, 0.05) is 23.9 Å². The van der Waals surface area contributed by atoms with Crippen LogP contribution in [0.5, 0.6) is 0 Å². The fraction of sp³-hybridized carbons (Fsp3) is 0.333. The van der Waals surface area contributed by atoms with Gasteiger partial charge in [0.05, 0.1) is 10.9 Å². The van der Waals surface area contributed by atoms with Crippen LogP contribution < -0.4 is 5.32 Å². The average molecular weight is 332 g/mol. The normalized spacial score (nSPS) is 10.6. The zero-order valence-corrected chi connectivity index (χ0v) is 12.3. The molecule has 0 unspecified atom stereocenters. The number of carbonyl (C=O) groups is 2. The maximum Gasteiger partial charge on any atom is 0.305 e. The van der Waals surface area contributed by atoms with Crippen LogP contribution in [0.3, 0.4) is 0 Å². The molecule has 1 aromatic heterocycles. The number of amides is 1. The minimum absolute atomic E-state index is 0.163. The van der Waals surface area contributed by atoms with Crippen molar-refractivity contribution in [1.29, 1.82) is 0 Å². The van der Waals surface area contributed by atoms with Crippen LogP contribution in [0, 0.1) is 0 Å². The number of ether oxygens (including phenoxy) is 1. The molecule has 0 aliphatic carbocycles. The van der Waals surface area contributed by atoms with Gasteiger partial charge in [0.1, 0.15) is 0 Å². The maximum absolute atomic E-state index is 11.4. The molecule has 0 atom stereocenters. The van der Waals surface area contributed by atoms with Gasteiger partial charge in [-0.05, 0) is 40.6 Å². The van der Waals surface area contributed by atoms with Gasteiger partial charge in [-0.25, -0.2) is 0 Å². The Morgan fingerprint density at radius 3 is 2.89 bits per heavy atom. The molecular formula is C12H14BrNO3S. The molecule has 0 spiro atoms. The van der Waals surface area contributed by atoms with Crippen molar-refractivity contribution < 1.29 is 14.3 Å². The fourth-order valence-electron chi connectivity index (χ4n) is 1.18. The Hall–Kier alpha value is -1.14. The van der Waals surface area contributed by atoms with E-state index in [-0.39, 0.29) is 11.9 Å². The minimum atomic E-state index is -0.261. The summed E-state index contributed by atoms with van der Waals surface area (Å²) in [7, 11) is 1.35. The molecule has 0 saturated carbocycles.